The van der Waals surface area contributed by atoms with Gasteiger partial charge in [-0.2, -0.15) is 0 Å². The van der Waals surface area contributed by atoms with Crippen LogP contribution in [0.15, 0.2) is 24.3 Å². The molecule has 2 nitrogen and oxygen atoms in total. The summed E-state index contributed by atoms with van der Waals surface area (Å²) >= 11 is 0. The summed E-state index contributed by atoms with van der Waals surface area (Å²) in [5, 5.41) is 0. The Hall–Kier alpha value is -1.09. The number of hydrogen-bond acceptors (Lipinski definition) is 2. The van der Waals surface area contributed by atoms with Crippen molar-refractivity contribution in [1.82, 2.24) is 0 Å². The number of hydrogen-bond donors (Lipinski definition) is 1. The average Bonchev–Trinajstić information content (AvgIpc) is 2.42. The Morgan fingerprint density at radius 3 is 2.38 bits per heavy atom. The van der Waals surface area contributed by atoms with Crippen LogP contribution in [0, 0.1) is 17.2 Å². The van der Waals surface area contributed by atoms with Gasteiger partial charge in [-0.25, -0.2) is 4.39 Å². The highest BCUT2D eigenvalue weighted by Gasteiger charge is 2.23. The molecule has 0 radical (unpaired) electrons. The third kappa shape index (κ3) is 5.66. The van der Waals surface area contributed by atoms with E-state index in [-0.39, 0.29) is 11.2 Å². The molecule has 2 N–H and O–H groups in total. The van der Waals surface area contributed by atoms with Crippen molar-refractivity contribution in [3.63, 3.8) is 0 Å². The van der Waals surface area contributed by atoms with E-state index in [0.717, 1.165) is 38.9 Å². The van der Waals surface area contributed by atoms with Gasteiger partial charge >= 0.3 is 0 Å². The second-order valence-electron chi connectivity index (χ2n) is 6.81. The fourth-order valence-corrected chi connectivity index (χ4v) is 2.90. The third-order valence-corrected chi connectivity index (χ3v) is 4.30. The largest absolute Gasteiger partial charge is 0.369 e. The Morgan fingerprint density at radius 2 is 1.86 bits per heavy atom. The molecule has 0 bridgehead atoms. The normalized spacial score (nSPS) is 13.2. The van der Waals surface area contributed by atoms with Gasteiger partial charge in [0.1, 0.15) is 5.82 Å². The smallest absolute Gasteiger partial charge is 0.146 e. The zero-order valence-electron chi connectivity index (χ0n) is 14.0. The van der Waals surface area contributed by atoms with Crippen molar-refractivity contribution in [3.05, 3.63) is 30.1 Å². The van der Waals surface area contributed by atoms with Gasteiger partial charge in [-0.15, -0.1) is 0 Å². The van der Waals surface area contributed by atoms with Crippen LogP contribution >= 0.6 is 0 Å². The summed E-state index contributed by atoms with van der Waals surface area (Å²) in [7, 11) is 0. The molecule has 0 aliphatic heterocycles. The topological polar surface area (TPSA) is 29.3 Å². The van der Waals surface area contributed by atoms with Crippen LogP contribution in [0.2, 0.25) is 0 Å². The summed E-state index contributed by atoms with van der Waals surface area (Å²) in [5.74, 6) is 0.496. The summed E-state index contributed by atoms with van der Waals surface area (Å²) in [6.07, 6.45) is 3.28. The Balaban J connectivity index is 2.58. The summed E-state index contributed by atoms with van der Waals surface area (Å²) in [6, 6.07) is 7.03. The molecule has 1 atom stereocenters. The molecule has 1 aromatic rings. The Bertz CT molecular complexity index is 412. The molecule has 0 saturated heterocycles. The zero-order valence-corrected chi connectivity index (χ0v) is 14.0. The first-order chi connectivity index (χ1) is 9.90. The number of anilines is 1. The SMILES string of the molecule is CCN(CCCC(CCN)C(C)(C)C)c1ccccc1F. The lowest BCUT2D eigenvalue weighted by molar-refractivity contribution is 0.211. The molecular weight excluding hydrogens is 263 g/mol. The van der Waals surface area contributed by atoms with Crippen LogP contribution in [0.4, 0.5) is 10.1 Å². The monoisotopic (exact) mass is 294 g/mol. The number of benzene rings is 1. The van der Waals surface area contributed by atoms with Crippen molar-refractivity contribution >= 4 is 5.69 Å². The van der Waals surface area contributed by atoms with Gasteiger partial charge < -0.3 is 10.6 Å². The summed E-state index contributed by atoms with van der Waals surface area (Å²) < 4.78 is 13.9. The molecule has 0 spiro atoms. The van der Waals surface area contributed by atoms with Gasteiger partial charge in [0.2, 0.25) is 0 Å². The minimum atomic E-state index is -0.131. The van der Waals surface area contributed by atoms with Crippen molar-refractivity contribution in [2.24, 2.45) is 17.1 Å². The van der Waals surface area contributed by atoms with E-state index in [1.807, 2.05) is 12.1 Å². The molecule has 120 valence electrons. The molecular formula is C18H31FN2. The van der Waals surface area contributed by atoms with Gasteiger partial charge in [0.15, 0.2) is 0 Å². The van der Waals surface area contributed by atoms with Gasteiger partial charge in [-0.1, -0.05) is 32.9 Å². The molecule has 1 unspecified atom stereocenters. The Labute approximate surface area is 129 Å². The van der Waals surface area contributed by atoms with Gasteiger partial charge in [0.25, 0.3) is 0 Å². The number of nitrogens with zero attached hydrogens (tertiary/aromatic N) is 1. The third-order valence-electron chi connectivity index (χ3n) is 4.30. The van der Waals surface area contributed by atoms with E-state index in [9.17, 15) is 4.39 Å². The van der Waals surface area contributed by atoms with Crippen molar-refractivity contribution in [2.45, 2.75) is 47.0 Å². The summed E-state index contributed by atoms with van der Waals surface area (Å²) in [4.78, 5) is 2.12. The van der Waals surface area contributed by atoms with E-state index >= 15 is 0 Å². The molecule has 21 heavy (non-hydrogen) atoms. The van der Waals surface area contributed by atoms with Crippen molar-refractivity contribution < 1.29 is 4.39 Å². The number of para-hydroxylation sites is 1. The first-order valence-corrected chi connectivity index (χ1v) is 8.09. The second kappa shape index (κ2) is 8.38. The molecule has 0 aromatic heterocycles. The number of halogens is 1. The molecule has 1 rings (SSSR count). The lowest BCUT2D eigenvalue weighted by Gasteiger charge is -2.32. The maximum atomic E-state index is 13.9. The lowest BCUT2D eigenvalue weighted by atomic mass is 9.76. The average molecular weight is 294 g/mol. The summed E-state index contributed by atoms with van der Waals surface area (Å²) in [5.41, 5.74) is 6.73. The first kappa shape index (κ1) is 18.0. The van der Waals surface area contributed by atoms with E-state index < -0.39 is 0 Å². The van der Waals surface area contributed by atoms with E-state index in [2.05, 4.69) is 32.6 Å². The van der Waals surface area contributed by atoms with Crippen molar-refractivity contribution in [3.8, 4) is 0 Å². The van der Waals surface area contributed by atoms with Crippen molar-refractivity contribution in [2.75, 3.05) is 24.5 Å². The van der Waals surface area contributed by atoms with Crippen LogP contribution in [0.3, 0.4) is 0 Å². The van der Waals surface area contributed by atoms with Gasteiger partial charge in [-0.3, -0.25) is 0 Å². The standard InChI is InChI=1S/C18H31FN2/c1-5-21(17-11-7-6-10-16(17)19)14-8-9-15(12-13-20)18(2,3)4/h6-7,10-11,15H,5,8-9,12-14,20H2,1-4H3. The first-order valence-electron chi connectivity index (χ1n) is 8.09. The fourth-order valence-electron chi connectivity index (χ4n) is 2.90. The van der Waals surface area contributed by atoms with E-state index in [0.29, 0.717) is 11.6 Å². The molecule has 0 aliphatic rings. The van der Waals surface area contributed by atoms with Crippen molar-refractivity contribution in [1.29, 1.82) is 0 Å². The number of rotatable bonds is 8. The highest BCUT2D eigenvalue weighted by Crippen LogP contribution is 2.32. The van der Waals surface area contributed by atoms with Crippen LogP contribution in [0.5, 0.6) is 0 Å². The highest BCUT2D eigenvalue weighted by atomic mass is 19.1. The molecule has 0 fully saturated rings. The number of nitrogens with two attached hydrogens (primary N) is 1. The Morgan fingerprint density at radius 1 is 1.19 bits per heavy atom. The van der Waals surface area contributed by atoms with Gasteiger partial charge in [-0.05, 0) is 56.2 Å². The van der Waals surface area contributed by atoms with Crippen LogP contribution in [0.1, 0.15) is 47.0 Å². The van der Waals surface area contributed by atoms with Crippen LogP contribution in [-0.2, 0) is 0 Å². The lowest BCUT2D eigenvalue weighted by Crippen LogP contribution is -2.28. The molecule has 3 heteroatoms. The van der Waals surface area contributed by atoms with E-state index in [1.54, 1.807) is 6.07 Å². The maximum Gasteiger partial charge on any atom is 0.146 e. The second-order valence-corrected chi connectivity index (χ2v) is 6.81. The fraction of sp³-hybridized carbons (Fsp3) is 0.667. The highest BCUT2D eigenvalue weighted by molar-refractivity contribution is 5.47. The molecule has 0 amide bonds. The van der Waals surface area contributed by atoms with Crippen LogP contribution in [0.25, 0.3) is 0 Å². The van der Waals surface area contributed by atoms with Gasteiger partial charge in [0.05, 0.1) is 5.69 Å². The van der Waals surface area contributed by atoms with E-state index in [1.165, 1.54) is 6.07 Å². The predicted octanol–water partition coefficient (Wildman–Crippen LogP) is 4.44. The minimum absolute atomic E-state index is 0.131. The summed E-state index contributed by atoms with van der Waals surface area (Å²) in [6.45, 7) is 11.4. The Kier molecular flexibility index (Phi) is 7.16. The predicted molar refractivity (Wildman–Crippen MR) is 90.1 cm³/mol. The zero-order chi connectivity index (χ0) is 15.9. The molecule has 0 aliphatic carbocycles. The minimum Gasteiger partial charge on any atom is -0.369 e. The van der Waals surface area contributed by atoms with Crippen LogP contribution < -0.4 is 10.6 Å². The van der Waals surface area contributed by atoms with Gasteiger partial charge in [0, 0.05) is 13.1 Å². The molecule has 1 aromatic carbocycles. The molecule has 0 heterocycles. The molecule has 0 saturated carbocycles. The quantitative estimate of drug-likeness (QED) is 0.768. The van der Waals surface area contributed by atoms with E-state index in [4.69, 9.17) is 5.73 Å². The van der Waals surface area contributed by atoms with Crippen LogP contribution in [-0.4, -0.2) is 19.6 Å². The maximum absolute atomic E-state index is 13.9.